The van der Waals surface area contributed by atoms with Gasteiger partial charge in [0.1, 0.15) is 0 Å². The second-order valence-electron chi connectivity index (χ2n) is 5.53. The van der Waals surface area contributed by atoms with Crippen LogP contribution in [0.15, 0.2) is 18.2 Å². The van der Waals surface area contributed by atoms with E-state index >= 15 is 0 Å². The van der Waals surface area contributed by atoms with Crippen LogP contribution in [-0.2, 0) is 0 Å². The first-order valence-electron chi connectivity index (χ1n) is 6.56. The summed E-state index contributed by atoms with van der Waals surface area (Å²) in [5.74, 6) is 0.704. The molecule has 1 aliphatic rings. The number of nitrogens with zero attached hydrogens (tertiary/aromatic N) is 1. The van der Waals surface area contributed by atoms with Crippen molar-refractivity contribution in [3.63, 3.8) is 0 Å². The summed E-state index contributed by atoms with van der Waals surface area (Å²) in [7, 11) is 1.88. The number of carbonyl (C=O) groups is 1. The van der Waals surface area contributed by atoms with Crippen LogP contribution in [0.2, 0.25) is 0 Å². The molecule has 0 saturated heterocycles. The lowest BCUT2D eigenvalue weighted by molar-refractivity contribution is 0.0733. The maximum Gasteiger partial charge on any atom is 0.253 e. The van der Waals surface area contributed by atoms with Gasteiger partial charge in [-0.1, -0.05) is 12.1 Å². The summed E-state index contributed by atoms with van der Waals surface area (Å²) in [5, 5.41) is 0. The molecule has 0 unspecified atom stereocenters. The highest BCUT2D eigenvalue weighted by Gasteiger charge is 2.28. The molecule has 0 atom stereocenters. The van der Waals surface area contributed by atoms with Crippen molar-refractivity contribution in [2.75, 3.05) is 13.6 Å². The van der Waals surface area contributed by atoms with E-state index in [9.17, 15) is 4.79 Å². The molecule has 2 N–H and O–H groups in total. The topological polar surface area (TPSA) is 46.3 Å². The Kier molecular flexibility index (Phi) is 3.71. The highest BCUT2D eigenvalue weighted by Crippen LogP contribution is 2.26. The number of aryl methyl sites for hydroxylation is 1. The van der Waals surface area contributed by atoms with Crippen LogP contribution >= 0.6 is 0 Å². The van der Waals surface area contributed by atoms with Crippen molar-refractivity contribution in [2.45, 2.75) is 32.7 Å². The van der Waals surface area contributed by atoms with Crippen molar-refractivity contribution in [2.24, 2.45) is 11.7 Å². The Morgan fingerprint density at radius 1 is 1.39 bits per heavy atom. The number of amides is 1. The number of nitrogens with two attached hydrogens (primary N) is 1. The van der Waals surface area contributed by atoms with E-state index in [0.29, 0.717) is 12.0 Å². The van der Waals surface area contributed by atoms with E-state index in [1.807, 2.05) is 44.0 Å². The average Bonchev–Trinajstić information content (AvgIpc) is 2.30. The molecule has 0 aliphatic heterocycles. The molecule has 0 bridgehead atoms. The summed E-state index contributed by atoms with van der Waals surface area (Å²) in [4.78, 5) is 14.2. The van der Waals surface area contributed by atoms with Crippen molar-refractivity contribution < 1.29 is 4.79 Å². The number of hydrogen-bond donors (Lipinski definition) is 1. The number of benzene rings is 1. The van der Waals surface area contributed by atoms with Gasteiger partial charge in [0.25, 0.3) is 5.91 Å². The van der Waals surface area contributed by atoms with E-state index in [0.717, 1.165) is 30.5 Å². The van der Waals surface area contributed by atoms with E-state index in [2.05, 4.69) is 0 Å². The maximum absolute atomic E-state index is 12.4. The summed E-state index contributed by atoms with van der Waals surface area (Å²) in [5.41, 5.74) is 8.84. The molecule has 1 amide bonds. The molecule has 1 aromatic carbocycles. The Labute approximate surface area is 109 Å². The number of rotatable bonds is 3. The van der Waals surface area contributed by atoms with Crippen LogP contribution in [0.4, 0.5) is 0 Å². The molecule has 18 heavy (non-hydrogen) atoms. The highest BCUT2D eigenvalue weighted by atomic mass is 16.2. The van der Waals surface area contributed by atoms with Gasteiger partial charge in [-0.05, 0) is 49.8 Å². The summed E-state index contributed by atoms with van der Waals surface area (Å²) in [6.07, 6.45) is 2.09. The van der Waals surface area contributed by atoms with Crippen LogP contribution in [-0.4, -0.2) is 30.4 Å². The van der Waals surface area contributed by atoms with Crippen LogP contribution in [0.5, 0.6) is 0 Å². The largest absolute Gasteiger partial charge is 0.341 e. The first-order chi connectivity index (χ1) is 8.49. The molecule has 0 heterocycles. The second kappa shape index (κ2) is 5.11. The normalized spacial score (nSPS) is 22.4. The summed E-state index contributed by atoms with van der Waals surface area (Å²) >= 11 is 0. The fourth-order valence-corrected chi connectivity index (χ4v) is 2.59. The molecule has 1 fully saturated rings. The zero-order valence-corrected chi connectivity index (χ0v) is 11.4. The van der Waals surface area contributed by atoms with Gasteiger partial charge in [0, 0.05) is 25.2 Å². The fraction of sp³-hybridized carbons (Fsp3) is 0.533. The monoisotopic (exact) mass is 246 g/mol. The fourth-order valence-electron chi connectivity index (χ4n) is 2.59. The van der Waals surface area contributed by atoms with Gasteiger partial charge in [0.2, 0.25) is 0 Å². The van der Waals surface area contributed by atoms with Crippen molar-refractivity contribution in [1.82, 2.24) is 4.90 Å². The first kappa shape index (κ1) is 13.1. The molecular formula is C15H22N2O. The molecule has 3 heteroatoms. The number of hydrogen-bond acceptors (Lipinski definition) is 2. The molecule has 0 radical (unpaired) electrons. The maximum atomic E-state index is 12.4. The van der Waals surface area contributed by atoms with Gasteiger partial charge in [-0.3, -0.25) is 4.79 Å². The zero-order chi connectivity index (χ0) is 13.3. The molecule has 0 aromatic heterocycles. The minimum absolute atomic E-state index is 0.122. The quantitative estimate of drug-likeness (QED) is 0.888. The zero-order valence-electron chi connectivity index (χ0n) is 11.4. The Morgan fingerprint density at radius 2 is 2.06 bits per heavy atom. The minimum Gasteiger partial charge on any atom is -0.341 e. The van der Waals surface area contributed by atoms with Crippen molar-refractivity contribution >= 4 is 5.91 Å². The predicted octanol–water partition coefficient (Wildman–Crippen LogP) is 2.11. The number of carbonyl (C=O) groups excluding carboxylic acids is 1. The molecule has 3 nitrogen and oxygen atoms in total. The van der Waals surface area contributed by atoms with Gasteiger partial charge >= 0.3 is 0 Å². The summed E-state index contributed by atoms with van der Waals surface area (Å²) < 4.78 is 0. The van der Waals surface area contributed by atoms with E-state index in [1.165, 1.54) is 5.56 Å². The predicted molar refractivity (Wildman–Crippen MR) is 73.6 cm³/mol. The average molecular weight is 246 g/mol. The highest BCUT2D eigenvalue weighted by molar-refractivity contribution is 5.95. The molecule has 0 spiro atoms. The molecule has 2 rings (SSSR count). The van der Waals surface area contributed by atoms with E-state index < -0.39 is 0 Å². The lowest BCUT2D eigenvalue weighted by atomic mass is 9.80. The first-order valence-corrected chi connectivity index (χ1v) is 6.56. The van der Waals surface area contributed by atoms with Gasteiger partial charge in [0.05, 0.1) is 0 Å². The molecular weight excluding hydrogens is 224 g/mol. The van der Waals surface area contributed by atoms with Gasteiger partial charge in [-0.2, -0.15) is 0 Å². The molecule has 1 aromatic rings. The Hall–Kier alpha value is -1.35. The van der Waals surface area contributed by atoms with Crippen LogP contribution in [0.3, 0.4) is 0 Å². The molecule has 1 aliphatic carbocycles. The standard InChI is InChI=1S/C15H22N2O/c1-10-5-4-6-14(11(10)2)15(18)17(3)9-12-7-13(16)8-12/h4-6,12-13H,7-9,16H2,1-3H3. The Bertz CT molecular complexity index is 450. The van der Waals surface area contributed by atoms with E-state index in [1.54, 1.807) is 0 Å². The van der Waals surface area contributed by atoms with Crippen LogP contribution < -0.4 is 5.73 Å². The van der Waals surface area contributed by atoms with E-state index in [-0.39, 0.29) is 5.91 Å². The van der Waals surface area contributed by atoms with Gasteiger partial charge in [-0.25, -0.2) is 0 Å². The van der Waals surface area contributed by atoms with Gasteiger partial charge in [0.15, 0.2) is 0 Å². The third-order valence-electron chi connectivity index (χ3n) is 3.99. The van der Waals surface area contributed by atoms with Crippen LogP contribution in [0.1, 0.15) is 34.3 Å². The minimum atomic E-state index is 0.122. The third kappa shape index (κ3) is 2.56. The lowest BCUT2D eigenvalue weighted by Crippen LogP contribution is -2.43. The second-order valence-corrected chi connectivity index (χ2v) is 5.53. The van der Waals surface area contributed by atoms with Crippen molar-refractivity contribution in [1.29, 1.82) is 0 Å². The van der Waals surface area contributed by atoms with Gasteiger partial charge < -0.3 is 10.6 Å². The SMILES string of the molecule is Cc1cccc(C(=O)N(C)CC2CC(N)C2)c1C. The summed E-state index contributed by atoms with van der Waals surface area (Å²) in [6.45, 7) is 4.87. The van der Waals surface area contributed by atoms with Crippen LogP contribution in [0.25, 0.3) is 0 Å². The Morgan fingerprint density at radius 3 is 2.67 bits per heavy atom. The smallest absolute Gasteiger partial charge is 0.253 e. The van der Waals surface area contributed by atoms with Crippen LogP contribution in [0, 0.1) is 19.8 Å². The van der Waals surface area contributed by atoms with E-state index in [4.69, 9.17) is 5.73 Å². The lowest BCUT2D eigenvalue weighted by Gasteiger charge is -2.35. The molecule has 1 saturated carbocycles. The van der Waals surface area contributed by atoms with Crippen molar-refractivity contribution in [3.05, 3.63) is 34.9 Å². The molecule has 98 valence electrons. The summed E-state index contributed by atoms with van der Waals surface area (Å²) in [6, 6.07) is 6.24. The van der Waals surface area contributed by atoms with Crippen molar-refractivity contribution in [3.8, 4) is 0 Å². The Balaban J connectivity index is 2.04. The van der Waals surface area contributed by atoms with Gasteiger partial charge in [-0.15, -0.1) is 0 Å². The third-order valence-corrected chi connectivity index (χ3v) is 3.99.